The molecule has 0 fully saturated rings. The van der Waals surface area contributed by atoms with Crippen LogP contribution in [0, 0.1) is 0 Å². The van der Waals surface area contributed by atoms with Gasteiger partial charge in [-0.1, -0.05) is 15.9 Å². The third-order valence-corrected chi connectivity index (χ3v) is 3.32. The van der Waals surface area contributed by atoms with Crippen LogP contribution in [0.15, 0.2) is 25.6 Å². The highest BCUT2D eigenvalue weighted by atomic mass is 79.9. The van der Waals surface area contributed by atoms with E-state index in [0.717, 1.165) is 4.47 Å². The van der Waals surface area contributed by atoms with E-state index in [1.807, 2.05) is 0 Å². The Bertz CT molecular complexity index is 388. The van der Waals surface area contributed by atoms with Gasteiger partial charge in [-0.25, -0.2) is 0 Å². The first kappa shape index (κ1) is 14.0. The lowest BCUT2D eigenvalue weighted by Gasteiger charge is -2.12. The summed E-state index contributed by atoms with van der Waals surface area (Å²) >= 11 is 9.94. The molecule has 0 saturated heterocycles. The van der Waals surface area contributed by atoms with E-state index in [9.17, 15) is 4.79 Å². The zero-order chi connectivity index (χ0) is 12.3. The third kappa shape index (κ3) is 3.73. The second kappa shape index (κ2) is 6.00. The fourth-order valence-electron chi connectivity index (χ4n) is 0.911. The normalized spacial score (nSPS) is 12.2. The molecular weight excluding hydrogens is 410 g/mol. The fraction of sp³-hybridized carbons (Fsp3) is 0.222. The molecule has 0 bridgehead atoms. The van der Waals surface area contributed by atoms with Crippen molar-refractivity contribution < 1.29 is 14.6 Å². The van der Waals surface area contributed by atoms with E-state index in [4.69, 9.17) is 15.6 Å². The van der Waals surface area contributed by atoms with Gasteiger partial charge in [-0.05, 0) is 44.0 Å². The van der Waals surface area contributed by atoms with Crippen LogP contribution in [-0.4, -0.2) is 23.7 Å². The fourth-order valence-corrected chi connectivity index (χ4v) is 3.40. The maximum atomic E-state index is 10.5. The lowest BCUT2D eigenvalue weighted by molar-refractivity contribution is -0.139. The smallest absolute Gasteiger partial charge is 0.324 e. The van der Waals surface area contributed by atoms with E-state index < -0.39 is 12.0 Å². The molecule has 0 aliphatic carbocycles. The van der Waals surface area contributed by atoms with Crippen LogP contribution in [0.2, 0.25) is 0 Å². The summed E-state index contributed by atoms with van der Waals surface area (Å²) < 4.78 is 7.63. The molecule has 0 spiro atoms. The Morgan fingerprint density at radius 3 is 2.31 bits per heavy atom. The number of aliphatic carboxylic acids is 1. The van der Waals surface area contributed by atoms with E-state index in [2.05, 4.69) is 47.8 Å². The second-order valence-corrected chi connectivity index (χ2v) is 5.58. The van der Waals surface area contributed by atoms with E-state index >= 15 is 0 Å². The van der Waals surface area contributed by atoms with Gasteiger partial charge in [0.2, 0.25) is 0 Å². The quantitative estimate of drug-likeness (QED) is 0.790. The minimum absolute atomic E-state index is 0.0891. The van der Waals surface area contributed by atoms with Gasteiger partial charge in [0, 0.05) is 4.47 Å². The highest BCUT2D eigenvalue weighted by Crippen LogP contribution is 2.36. The van der Waals surface area contributed by atoms with Crippen LogP contribution in [0.5, 0.6) is 5.75 Å². The van der Waals surface area contributed by atoms with Gasteiger partial charge >= 0.3 is 5.97 Å². The number of halogens is 3. The predicted molar refractivity (Wildman–Crippen MR) is 70.6 cm³/mol. The molecule has 1 aromatic carbocycles. The van der Waals surface area contributed by atoms with Crippen molar-refractivity contribution in [1.82, 2.24) is 0 Å². The summed E-state index contributed by atoms with van der Waals surface area (Å²) in [5.41, 5.74) is 5.33. The molecule has 0 aliphatic heterocycles. The number of carboxylic acid groups (broad SMARTS) is 1. The molecular formula is C9H8Br3NO3. The number of benzene rings is 1. The first-order valence-electron chi connectivity index (χ1n) is 4.17. The van der Waals surface area contributed by atoms with E-state index in [-0.39, 0.29) is 6.61 Å². The Morgan fingerprint density at radius 2 is 1.88 bits per heavy atom. The summed E-state index contributed by atoms with van der Waals surface area (Å²) in [6.45, 7) is -0.0891. The average Bonchev–Trinajstić information content (AvgIpc) is 2.15. The molecule has 7 heteroatoms. The summed E-state index contributed by atoms with van der Waals surface area (Å²) in [6.07, 6.45) is 0. The Hall–Kier alpha value is -0.110. The zero-order valence-electron chi connectivity index (χ0n) is 7.91. The van der Waals surface area contributed by atoms with Crippen LogP contribution in [0.1, 0.15) is 0 Å². The van der Waals surface area contributed by atoms with Crippen molar-refractivity contribution in [1.29, 1.82) is 0 Å². The summed E-state index contributed by atoms with van der Waals surface area (Å²) in [5, 5.41) is 8.61. The lowest BCUT2D eigenvalue weighted by atomic mass is 10.3. The summed E-state index contributed by atoms with van der Waals surface area (Å²) in [5.74, 6) is -0.566. The van der Waals surface area contributed by atoms with Gasteiger partial charge in [-0.3, -0.25) is 4.79 Å². The molecule has 0 heterocycles. The summed E-state index contributed by atoms with van der Waals surface area (Å²) in [6, 6.07) is 2.56. The molecule has 88 valence electrons. The molecule has 0 aliphatic rings. The number of nitrogens with two attached hydrogens (primary N) is 1. The Kier molecular flexibility index (Phi) is 5.23. The van der Waals surface area contributed by atoms with Crippen molar-refractivity contribution in [2.45, 2.75) is 6.04 Å². The van der Waals surface area contributed by atoms with Gasteiger partial charge < -0.3 is 15.6 Å². The molecule has 0 aromatic heterocycles. The second-order valence-electron chi connectivity index (χ2n) is 2.95. The minimum Gasteiger partial charge on any atom is -0.489 e. The number of hydrogen-bond acceptors (Lipinski definition) is 3. The Morgan fingerprint density at radius 1 is 1.38 bits per heavy atom. The van der Waals surface area contributed by atoms with Gasteiger partial charge in [-0.15, -0.1) is 0 Å². The number of carboxylic acids is 1. The maximum Gasteiger partial charge on any atom is 0.324 e. The van der Waals surface area contributed by atoms with Crippen LogP contribution < -0.4 is 10.5 Å². The topological polar surface area (TPSA) is 72.5 Å². The first-order valence-corrected chi connectivity index (χ1v) is 6.55. The molecule has 0 amide bonds. The molecule has 3 N–H and O–H groups in total. The van der Waals surface area contributed by atoms with Crippen molar-refractivity contribution in [2.24, 2.45) is 5.73 Å². The number of hydrogen-bond donors (Lipinski definition) is 2. The minimum atomic E-state index is -1.09. The van der Waals surface area contributed by atoms with E-state index in [0.29, 0.717) is 14.7 Å². The summed E-state index contributed by atoms with van der Waals surface area (Å²) in [7, 11) is 0. The van der Waals surface area contributed by atoms with Crippen LogP contribution in [0.4, 0.5) is 0 Å². The average molecular weight is 418 g/mol. The highest BCUT2D eigenvalue weighted by Gasteiger charge is 2.15. The number of rotatable bonds is 4. The van der Waals surface area contributed by atoms with Crippen molar-refractivity contribution in [2.75, 3.05) is 6.61 Å². The van der Waals surface area contributed by atoms with Crippen LogP contribution in [-0.2, 0) is 4.79 Å². The van der Waals surface area contributed by atoms with Crippen LogP contribution in [0.3, 0.4) is 0 Å². The van der Waals surface area contributed by atoms with E-state index in [1.165, 1.54) is 0 Å². The lowest BCUT2D eigenvalue weighted by Crippen LogP contribution is -2.36. The van der Waals surface area contributed by atoms with Gasteiger partial charge in [0.25, 0.3) is 0 Å². The van der Waals surface area contributed by atoms with Crippen LogP contribution >= 0.6 is 47.8 Å². The first-order chi connectivity index (χ1) is 7.41. The van der Waals surface area contributed by atoms with Crippen molar-refractivity contribution in [3.63, 3.8) is 0 Å². The molecule has 16 heavy (non-hydrogen) atoms. The van der Waals surface area contributed by atoms with Gasteiger partial charge in [0.1, 0.15) is 18.4 Å². The van der Waals surface area contributed by atoms with Gasteiger partial charge in [0.15, 0.2) is 0 Å². The summed E-state index contributed by atoms with van der Waals surface area (Å²) in [4.78, 5) is 10.5. The molecule has 1 unspecified atom stereocenters. The standard InChI is InChI=1S/C9H8Br3NO3/c10-4-1-5(11)8(6(12)2-4)16-3-7(13)9(14)15/h1-2,7H,3,13H2,(H,14,15). The van der Waals surface area contributed by atoms with Gasteiger partial charge in [-0.2, -0.15) is 0 Å². The molecule has 0 radical (unpaired) electrons. The van der Waals surface area contributed by atoms with Crippen molar-refractivity contribution in [3.05, 3.63) is 25.6 Å². The highest BCUT2D eigenvalue weighted by molar-refractivity contribution is 9.11. The monoisotopic (exact) mass is 415 g/mol. The molecule has 4 nitrogen and oxygen atoms in total. The van der Waals surface area contributed by atoms with E-state index in [1.54, 1.807) is 12.1 Å². The van der Waals surface area contributed by atoms with Crippen molar-refractivity contribution >= 4 is 53.8 Å². The maximum absolute atomic E-state index is 10.5. The van der Waals surface area contributed by atoms with Crippen molar-refractivity contribution in [3.8, 4) is 5.75 Å². The molecule has 0 saturated carbocycles. The zero-order valence-corrected chi connectivity index (χ0v) is 12.7. The Balaban J connectivity index is 2.78. The predicted octanol–water partition coefficient (Wildman–Crippen LogP) is 2.76. The third-order valence-electron chi connectivity index (χ3n) is 1.69. The Labute approximate surface area is 118 Å². The van der Waals surface area contributed by atoms with Gasteiger partial charge in [0.05, 0.1) is 8.95 Å². The number of ether oxygens (including phenoxy) is 1. The largest absolute Gasteiger partial charge is 0.489 e. The molecule has 1 rings (SSSR count). The van der Waals surface area contributed by atoms with Crippen LogP contribution in [0.25, 0.3) is 0 Å². The molecule has 1 atom stereocenters. The number of carbonyl (C=O) groups is 1. The SMILES string of the molecule is NC(COc1c(Br)cc(Br)cc1Br)C(=O)O. The molecule has 1 aromatic rings.